The molecule has 6 nitrogen and oxygen atoms in total. The Kier molecular flexibility index (Phi) is 5.40. The van der Waals surface area contributed by atoms with E-state index in [9.17, 15) is 4.79 Å². The molecule has 0 fully saturated rings. The Morgan fingerprint density at radius 2 is 2.00 bits per heavy atom. The van der Waals surface area contributed by atoms with Gasteiger partial charge in [0.25, 0.3) is 0 Å². The Balaban J connectivity index is 1.40. The normalized spacial score (nSPS) is 12.2. The number of thioether (sulfide) groups is 1. The van der Waals surface area contributed by atoms with E-state index in [1.165, 1.54) is 22.9 Å². The summed E-state index contributed by atoms with van der Waals surface area (Å²) in [6.07, 6.45) is 1.67. The fourth-order valence-electron chi connectivity index (χ4n) is 3.08. The molecule has 2 heterocycles. The molecule has 1 N–H and O–H groups in total. The summed E-state index contributed by atoms with van der Waals surface area (Å²) in [4.78, 5) is 12.5. The summed E-state index contributed by atoms with van der Waals surface area (Å²) in [6.45, 7) is 6.06. The van der Waals surface area contributed by atoms with E-state index >= 15 is 0 Å². The van der Waals surface area contributed by atoms with E-state index in [2.05, 4.69) is 41.5 Å². The second kappa shape index (κ2) is 8.13. The van der Waals surface area contributed by atoms with Crippen molar-refractivity contribution in [2.45, 2.75) is 32.0 Å². The summed E-state index contributed by atoms with van der Waals surface area (Å²) in [5.74, 6) is 0.897. The highest BCUT2D eigenvalue weighted by molar-refractivity contribution is 7.99. The average Bonchev–Trinajstić information content (AvgIpc) is 3.35. The smallest absolute Gasteiger partial charge is 0.231 e. The molecule has 1 atom stereocenters. The largest absolute Gasteiger partial charge is 0.459 e. The lowest BCUT2D eigenvalue weighted by molar-refractivity contribution is -0.119. The van der Waals surface area contributed by atoms with Gasteiger partial charge in [0.1, 0.15) is 17.7 Å². The average molecular weight is 407 g/mol. The van der Waals surface area contributed by atoms with Gasteiger partial charge in [0.15, 0.2) is 5.16 Å². The van der Waals surface area contributed by atoms with Crippen molar-refractivity contribution < 1.29 is 9.21 Å². The number of fused-ring (bicyclic) bond motifs is 1. The maximum absolute atomic E-state index is 12.5. The Morgan fingerprint density at radius 1 is 1.17 bits per heavy atom. The van der Waals surface area contributed by atoms with Crippen LogP contribution in [0.4, 0.5) is 0 Å². The third-order valence-corrected chi connectivity index (χ3v) is 5.81. The van der Waals surface area contributed by atoms with Crippen LogP contribution in [0.1, 0.15) is 29.9 Å². The van der Waals surface area contributed by atoms with Crippen LogP contribution in [-0.2, 0) is 4.79 Å². The second-order valence-electron chi connectivity index (χ2n) is 7.02. The number of amides is 1. The van der Waals surface area contributed by atoms with E-state index in [0.717, 1.165) is 22.4 Å². The van der Waals surface area contributed by atoms with E-state index in [1.54, 1.807) is 6.33 Å². The van der Waals surface area contributed by atoms with Crippen LogP contribution in [0, 0.1) is 13.8 Å². The van der Waals surface area contributed by atoms with Crippen molar-refractivity contribution in [1.82, 2.24) is 20.1 Å². The Hall–Kier alpha value is -3.06. The number of para-hydroxylation sites is 1. The lowest BCUT2D eigenvalue weighted by Crippen LogP contribution is -2.28. The number of hydrogen-bond acceptors (Lipinski definition) is 5. The molecule has 0 aliphatic heterocycles. The van der Waals surface area contributed by atoms with Crippen molar-refractivity contribution >= 4 is 28.6 Å². The standard InChI is InChI=1S/C22H22N4O2S/c1-14-8-9-18(10-15(14)2)26-13-23-25-22(26)29-12-21(27)24-16(3)20-11-17-6-4-5-7-19(17)28-20/h4-11,13,16H,12H2,1-3H3,(H,24,27). The van der Waals surface area contributed by atoms with Crippen LogP contribution in [0.25, 0.3) is 16.7 Å². The van der Waals surface area contributed by atoms with Crippen LogP contribution in [0.15, 0.2) is 64.4 Å². The van der Waals surface area contributed by atoms with Gasteiger partial charge in [0.2, 0.25) is 5.91 Å². The molecule has 0 bridgehead atoms. The summed E-state index contributed by atoms with van der Waals surface area (Å²) >= 11 is 1.36. The number of aryl methyl sites for hydroxylation is 2. The maximum Gasteiger partial charge on any atom is 0.231 e. The molecule has 4 rings (SSSR count). The minimum Gasteiger partial charge on any atom is -0.459 e. The number of benzene rings is 2. The molecule has 2 aromatic heterocycles. The Bertz CT molecular complexity index is 1130. The predicted octanol–water partition coefficient (Wildman–Crippen LogP) is 4.60. The molecule has 0 saturated heterocycles. The number of furan rings is 1. The highest BCUT2D eigenvalue weighted by Gasteiger charge is 2.16. The van der Waals surface area contributed by atoms with Gasteiger partial charge < -0.3 is 9.73 Å². The number of nitrogens with zero attached hydrogens (tertiary/aromatic N) is 3. The SMILES string of the molecule is Cc1ccc(-n2cnnc2SCC(=O)NC(C)c2cc3ccccc3o2)cc1C. The van der Waals surface area contributed by atoms with Crippen LogP contribution in [0.2, 0.25) is 0 Å². The highest BCUT2D eigenvalue weighted by atomic mass is 32.2. The van der Waals surface area contributed by atoms with Crippen molar-refractivity contribution in [2.24, 2.45) is 0 Å². The molecule has 0 aliphatic carbocycles. The third kappa shape index (κ3) is 4.19. The van der Waals surface area contributed by atoms with Gasteiger partial charge in [0, 0.05) is 11.1 Å². The first-order valence-electron chi connectivity index (χ1n) is 9.39. The maximum atomic E-state index is 12.5. The van der Waals surface area contributed by atoms with Crippen LogP contribution in [0.5, 0.6) is 0 Å². The van der Waals surface area contributed by atoms with Crippen LogP contribution < -0.4 is 5.32 Å². The summed E-state index contributed by atoms with van der Waals surface area (Å²) in [7, 11) is 0. The topological polar surface area (TPSA) is 73.0 Å². The van der Waals surface area contributed by atoms with Gasteiger partial charge in [-0.25, -0.2) is 0 Å². The minimum absolute atomic E-state index is 0.0856. The quantitative estimate of drug-likeness (QED) is 0.474. The van der Waals surface area contributed by atoms with Crippen LogP contribution in [0.3, 0.4) is 0 Å². The van der Waals surface area contributed by atoms with E-state index in [1.807, 2.05) is 47.9 Å². The lowest BCUT2D eigenvalue weighted by Gasteiger charge is -2.11. The first kappa shape index (κ1) is 19.3. The van der Waals surface area contributed by atoms with Gasteiger partial charge in [0.05, 0.1) is 11.8 Å². The second-order valence-corrected chi connectivity index (χ2v) is 7.96. The molecular weight excluding hydrogens is 384 g/mol. The van der Waals surface area contributed by atoms with Gasteiger partial charge >= 0.3 is 0 Å². The number of hydrogen-bond donors (Lipinski definition) is 1. The number of aromatic nitrogens is 3. The summed E-state index contributed by atoms with van der Waals surface area (Å²) in [6, 6.07) is 15.7. The summed E-state index contributed by atoms with van der Waals surface area (Å²) in [5, 5.41) is 12.9. The molecule has 0 spiro atoms. The first-order chi connectivity index (χ1) is 14.0. The molecule has 7 heteroatoms. The minimum atomic E-state index is -0.215. The fourth-order valence-corrected chi connectivity index (χ4v) is 3.82. The third-order valence-electron chi connectivity index (χ3n) is 4.87. The molecule has 0 aliphatic rings. The van der Waals surface area contributed by atoms with Crippen molar-refractivity contribution in [3.05, 3.63) is 71.7 Å². The predicted molar refractivity (Wildman–Crippen MR) is 114 cm³/mol. The van der Waals surface area contributed by atoms with Crippen molar-refractivity contribution in [3.63, 3.8) is 0 Å². The summed E-state index contributed by atoms with van der Waals surface area (Å²) in [5.41, 5.74) is 4.23. The summed E-state index contributed by atoms with van der Waals surface area (Å²) < 4.78 is 7.73. The molecule has 0 saturated carbocycles. The molecule has 2 aromatic carbocycles. The van der Waals surface area contributed by atoms with Crippen molar-refractivity contribution in [1.29, 1.82) is 0 Å². The van der Waals surface area contributed by atoms with E-state index in [-0.39, 0.29) is 17.7 Å². The van der Waals surface area contributed by atoms with E-state index in [4.69, 9.17) is 4.42 Å². The zero-order valence-electron chi connectivity index (χ0n) is 16.5. The molecule has 1 unspecified atom stereocenters. The zero-order chi connectivity index (χ0) is 20.4. The highest BCUT2D eigenvalue weighted by Crippen LogP contribution is 2.24. The van der Waals surface area contributed by atoms with Gasteiger partial charge in [-0.3, -0.25) is 9.36 Å². The van der Waals surface area contributed by atoms with Crippen LogP contribution >= 0.6 is 11.8 Å². The number of carbonyl (C=O) groups excluding carboxylic acids is 1. The molecule has 148 valence electrons. The Morgan fingerprint density at radius 3 is 2.79 bits per heavy atom. The monoisotopic (exact) mass is 406 g/mol. The van der Waals surface area contributed by atoms with Gasteiger partial charge in [-0.15, -0.1) is 10.2 Å². The van der Waals surface area contributed by atoms with E-state index in [0.29, 0.717) is 5.16 Å². The van der Waals surface area contributed by atoms with Gasteiger partial charge in [-0.2, -0.15) is 0 Å². The molecule has 4 aromatic rings. The van der Waals surface area contributed by atoms with Gasteiger partial charge in [-0.1, -0.05) is 36.0 Å². The van der Waals surface area contributed by atoms with Gasteiger partial charge in [-0.05, 0) is 56.2 Å². The zero-order valence-corrected chi connectivity index (χ0v) is 17.4. The number of carbonyl (C=O) groups is 1. The van der Waals surface area contributed by atoms with Crippen molar-refractivity contribution in [3.8, 4) is 5.69 Å². The molecule has 1 amide bonds. The van der Waals surface area contributed by atoms with Crippen molar-refractivity contribution in [2.75, 3.05) is 5.75 Å². The number of rotatable bonds is 6. The first-order valence-corrected chi connectivity index (χ1v) is 10.4. The fraction of sp³-hybridized carbons (Fsp3) is 0.227. The molecular formula is C22H22N4O2S. The van der Waals surface area contributed by atoms with Crippen LogP contribution in [-0.4, -0.2) is 26.4 Å². The number of nitrogens with one attached hydrogen (secondary N) is 1. The Labute approximate surface area is 173 Å². The lowest BCUT2D eigenvalue weighted by atomic mass is 10.1. The van der Waals surface area contributed by atoms with E-state index < -0.39 is 0 Å². The molecule has 29 heavy (non-hydrogen) atoms. The molecule has 0 radical (unpaired) electrons.